The zero-order valence-corrected chi connectivity index (χ0v) is 18.7. The van der Waals surface area contributed by atoms with Gasteiger partial charge in [0.25, 0.3) is 20.2 Å². The maximum atomic E-state index is 13.3. The van der Waals surface area contributed by atoms with Gasteiger partial charge in [0.2, 0.25) is 0 Å². The standard InChI is InChI=1S/C18H21FN4O7S2/c1-22(2)32(28,29)20-10-14-11-23(31(26,27)15-6-3-12(19)4-7-15)16-9-13(21-18(24)25)5-8-17(16)30-14/h3-9,14,20-21H,10-11H2,1-2H3,(H,24,25). The van der Waals surface area contributed by atoms with E-state index in [0.29, 0.717) is 0 Å². The normalized spacial score (nSPS) is 16.4. The molecule has 0 fully saturated rings. The smallest absolute Gasteiger partial charge is 0.409 e. The van der Waals surface area contributed by atoms with Crippen molar-refractivity contribution in [3.8, 4) is 5.75 Å². The second-order valence-electron chi connectivity index (χ2n) is 6.98. The van der Waals surface area contributed by atoms with Crippen LogP contribution in [0.4, 0.5) is 20.6 Å². The molecule has 0 aliphatic carbocycles. The van der Waals surface area contributed by atoms with Gasteiger partial charge in [-0.3, -0.25) is 9.62 Å². The highest BCUT2D eigenvalue weighted by molar-refractivity contribution is 7.92. The zero-order valence-electron chi connectivity index (χ0n) is 17.0. The lowest BCUT2D eigenvalue weighted by atomic mass is 10.2. The number of hydrogen-bond acceptors (Lipinski definition) is 6. The number of ether oxygens (including phenoxy) is 1. The molecule has 1 amide bonds. The van der Waals surface area contributed by atoms with E-state index in [-0.39, 0.29) is 35.1 Å². The van der Waals surface area contributed by atoms with Gasteiger partial charge in [-0.15, -0.1) is 0 Å². The van der Waals surface area contributed by atoms with Gasteiger partial charge in [-0.05, 0) is 42.5 Å². The van der Waals surface area contributed by atoms with Crippen LogP contribution in [0.25, 0.3) is 0 Å². The van der Waals surface area contributed by atoms with Crippen molar-refractivity contribution in [2.75, 3.05) is 36.8 Å². The molecule has 11 nitrogen and oxygen atoms in total. The average molecular weight is 489 g/mol. The van der Waals surface area contributed by atoms with Gasteiger partial charge >= 0.3 is 6.09 Å². The van der Waals surface area contributed by atoms with Crippen LogP contribution in [0.5, 0.6) is 5.75 Å². The van der Waals surface area contributed by atoms with Crippen LogP contribution in [0.1, 0.15) is 0 Å². The Labute approximate surface area is 184 Å². The predicted octanol–water partition coefficient (Wildman–Crippen LogP) is 1.27. The molecule has 1 aliphatic heterocycles. The number of sulfonamides is 1. The Morgan fingerprint density at radius 3 is 2.44 bits per heavy atom. The van der Waals surface area contributed by atoms with Crippen molar-refractivity contribution < 1.29 is 35.9 Å². The third-order valence-corrected chi connectivity index (χ3v) is 7.80. The van der Waals surface area contributed by atoms with Crippen molar-refractivity contribution in [2.45, 2.75) is 11.0 Å². The second-order valence-corrected chi connectivity index (χ2v) is 10.8. The molecule has 2 aromatic rings. The molecule has 0 radical (unpaired) electrons. The van der Waals surface area contributed by atoms with Crippen molar-refractivity contribution in [1.29, 1.82) is 0 Å². The highest BCUT2D eigenvalue weighted by atomic mass is 32.2. The molecule has 0 saturated heterocycles. The number of halogens is 1. The molecule has 3 N–H and O–H groups in total. The molecule has 3 rings (SSSR count). The summed E-state index contributed by atoms with van der Waals surface area (Å²) in [4.78, 5) is 10.8. The number of nitrogens with zero attached hydrogens (tertiary/aromatic N) is 2. The molecule has 1 unspecified atom stereocenters. The number of carbonyl (C=O) groups is 1. The summed E-state index contributed by atoms with van der Waals surface area (Å²) in [5.41, 5.74) is 0.151. The molecule has 0 saturated carbocycles. The molecular formula is C18H21FN4O7S2. The van der Waals surface area contributed by atoms with Crippen LogP contribution >= 0.6 is 0 Å². The topological polar surface area (TPSA) is 145 Å². The number of hydrogen-bond donors (Lipinski definition) is 3. The number of benzene rings is 2. The molecular weight excluding hydrogens is 467 g/mol. The zero-order chi connectivity index (χ0) is 23.7. The Morgan fingerprint density at radius 1 is 1.19 bits per heavy atom. The first-order chi connectivity index (χ1) is 14.9. The van der Waals surface area contributed by atoms with Gasteiger partial charge in [-0.25, -0.2) is 17.6 Å². The van der Waals surface area contributed by atoms with Crippen molar-refractivity contribution >= 4 is 37.7 Å². The Morgan fingerprint density at radius 2 is 1.84 bits per heavy atom. The molecule has 0 spiro atoms. The minimum Gasteiger partial charge on any atom is -0.485 e. The van der Waals surface area contributed by atoms with E-state index in [0.717, 1.165) is 32.9 Å². The summed E-state index contributed by atoms with van der Waals surface area (Å²) in [6.07, 6.45) is -2.24. The largest absolute Gasteiger partial charge is 0.485 e. The number of fused-ring (bicyclic) bond motifs is 1. The van der Waals surface area contributed by atoms with Crippen LogP contribution < -0.4 is 19.1 Å². The van der Waals surface area contributed by atoms with E-state index in [4.69, 9.17) is 9.84 Å². The fraction of sp³-hybridized carbons (Fsp3) is 0.278. The van der Waals surface area contributed by atoms with E-state index in [1.807, 2.05) is 0 Å². The molecule has 1 atom stereocenters. The molecule has 2 aromatic carbocycles. The van der Waals surface area contributed by atoms with Crippen LogP contribution in [-0.4, -0.2) is 65.6 Å². The van der Waals surface area contributed by atoms with Crippen LogP contribution in [0, 0.1) is 5.82 Å². The van der Waals surface area contributed by atoms with Crippen molar-refractivity contribution in [2.24, 2.45) is 0 Å². The third kappa shape index (κ3) is 5.09. The summed E-state index contributed by atoms with van der Waals surface area (Å²) >= 11 is 0. The highest BCUT2D eigenvalue weighted by Crippen LogP contribution is 2.39. The molecule has 14 heteroatoms. The molecule has 1 aliphatic rings. The second kappa shape index (κ2) is 8.90. The summed E-state index contributed by atoms with van der Waals surface area (Å²) in [5.74, 6) is -0.512. The number of anilines is 2. The van der Waals surface area contributed by atoms with E-state index in [2.05, 4.69) is 10.0 Å². The minimum atomic E-state index is -4.22. The fourth-order valence-electron chi connectivity index (χ4n) is 2.91. The van der Waals surface area contributed by atoms with Gasteiger partial charge in [-0.1, -0.05) is 0 Å². The fourth-order valence-corrected chi connectivity index (χ4v) is 5.06. The first kappa shape index (κ1) is 23.7. The lowest BCUT2D eigenvalue weighted by molar-refractivity contribution is 0.202. The Hall–Kier alpha value is -2.94. The maximum absolute atomic E-state index is 13.3. The molecule has 32 heavy (non-hydrogen) atoms. The minimum absolute atomic E-state index is 0.0484. The average Bonchev–Trinajstić information content (AvgIpc) is 2.71. The summed E-state index contributed by atoms with van der Waals surface area (Å²) in [6.45, 7) is -0.510. The quantitative estimate of drug-likeness (QED) is 0.532. The Bertz CT molecular complexity index is 1220. The van der Waals surface area contributed by atoms with Gasteiger partial charge in [0.15, 0.2) is 0 Å². The van der Waals surface area contributed by atoms with E-state index < -0.39 is 38.2 Å². The van der Waals surface area contributed by atoms with Crippen LogP contribution in [0.15, 0.2) is 47.4 Å². The van der Waals surface area contributed by atoms with Crippen molar-refractivity contribution in [1.82, 2.24) is 9.03 Å². The first-order valence-corrected chi connectivity index (χ1v) is 12.0. The van der Waals surface area contributed by atoms with Gasteiger partial charge in [0.05, 0.1) is 23.7 Å². The summed E-state index contributed by atoms with van der Waals surface area (Å²) < 4.78 is 74.0. The van der Waals surface area contributed by atoms with Crippen molar-refractivity contribution in [3.05, 3.63) is 48.3 Å². The van der Waals surface area contributed by atoms with Crippen molar-refractivity contribution in [3.63, 3.8) is 0 Å². The number of nitrogens with one attached hydrogen (secondary N) is 2. The lowest BCUT2D eigenvalue weighted by Crippen LogP contribution is -2.49. The number of carboxylic acid groups (broad SMARTS) is 1. The summed E-state index contributed by atoms with van der Waals surface area (Å²) in [7, 11) is -5.33. The SMILES string of the molecule is CN(C)S(=O)(=O)NCC1CN(S(=O)(=O)c2ccc(F)cc2)c2cc(NC(=O)O)ccc2O1. The monoisotopic (exact) mass is 488 g/mol. The van der Waals surface area contributed by atoms with E-state index in [9.17, 15) is 26.0 Å². The van der Waals surface area contributed by atoms with Gasteiger partial charge < -0.3 is 9.84 Å². The van der Waals surface area contributed by atoms with Crippen LogP contribution in [0.3, 0.4) is 0 Å². The van der Waals surface area contributed by atoms with E-state index in [1.54, 1.807) is 0 Å². The Balaban J connectivity index is 2.00. The van der Waals surface area contributed by atoms with Gasteiger partial charge in [-0.2, -0.15) is 17.4 Å². The summed E-state index contributed by atoms with van der Waals surface area (Å²) in [6, 6.07) is 8.23. The Kier molecular flexibility index (Phi) is 6.59. The van der Waals surface area contributed by atoms with Gasteiger partial charge in [0, 0.05) is 19.8 Å². The molecule has 174 valence electrons. The van der Waals surface area contributed by atoms with Crippen LogP contribution in [-0.2, 0) is 20.2 Å². The van der Waals surface area contributed by atoms with E-state index in [1.165, 1.54) is 32.3 Å². The molecule has 0 aromatic heterocycles. The number of amides is 1. The predicted molar refractivity (Wildman–Crippen MR) is 114 cm³/mol. The van der Waals surface area contributed by atoms with Gasteiger partial charge in [0.1, 0.15) is 17.7 Å². The molecule has 1 heterocycles. The van der Waals surface area contributed by atoms with Crippen LogP contribution in [0.2, 0.25) is 0 Å². The highest BCUT2D eigenvalue weighted by Gasteiger charge is 2.35. The first-order valence-electron chi connectivity index (χ1n) is 9.16. The maximum Gasteiger partial charge on any atom is 0.409 e. The summed E-state index contributed by atoms with van der Waals surface area (Å²) in [5, 5.41) is 11.1. The molecule has 0 bridgehead atoms. The lowest BCUT2D eigenvalue weighted by Gasteiger charge is -2.36. The third-order valence-electron chi connectivity index (χ3n) is 4.52. The number of rotatable bonds is 7. The van der Waals surface area contributed by atoms with E-state index >= 15 is 0 Å².